The van der Waals surface area contributed by atoms with E-state index in [1.807, 2.05) is 30.0 Å². The molecule has 3 aliphatic rings. The fourth-order valence-corrected chi connectivity index (χ4v) is 5.18. The lowest BCUT2D eigenvalue weighted by atomic mass is 9.99. The highest BCUT2D eigenvalue weighted by Gasteiger charge is 2.41. The fourth-order valence-electron chi connectivity index (χ4n) is 5.18. The molecule has 0 bridgehead atoms. The number of carbonyl (C=O) groups excluding carboxylic acids is 2. The number of hydrogen-bond donors (Lipinski definition) is 1. The zero-order valence-corrected chi connectivity index (χ0v) is 20.4. The molecule has 0 radical (unpaired) electrons. The van der Waals surface area contributed by atoms with Crippen molar-refractivity contribution in [3.8, 4) is 5.75 Å². The molecule has 3 saturated heterocycles. The minimum absolute atomic E-state index is 0.0681. The zero-order valence-electron chi connectivity index (χ0n) is 20.4. The highest BCUT2D eigenvalue weighted by atomic mass is 16.7. The molecule has 0 unspecified atom stereocenters. The van der Waals surface area contributed by atoms with E-state index in [0.29, 0.717) is 64.6 Å². The number of nitrogens with one attached hydrogen (secondary N) is 1. The summed E-state index contributed by atoms with van der Waals surface area (Å²) in [5, 5.41) is 3.72. The molecule has 3 aliphatic heterocycles. The zero-order chi connectivity index (χ0) is 24.4. The molecule has 1 spiro atoms. The van der Waals surface area contributed by atoms with Crippen LogP contribution in [0.15, 0.2) is 24.4 Å². The number of piperazine rings is 1. The number of urea groups is 1. The second-order valence-electron chi connectivity index (χ2n) is 9.11. The molecule has 3 amide bonds. The monoisotopic (exact) mass is 483 g/mol. The van der Waals surface area contributed by atoms with Crippen LogP contribution in [-0.2, 0) is 9.47 Å². The van der Waals surface area contributed by atoms with Crippen LogP contribution in [0, 0.1) is 0 Å². The van der Waals surface area contributed by atoms with Crippen LogP contribution in [0.3, 0.4) is 0 Å². The van der Waals surface area contributed by atoms with Gasteiger partial charge in [-0.2, -0.15) is 0 Å². The third-order valence-electron chi connectivity index (χ3n) is 7.11. The summed E-state index contributed by atoms with van der Waals surface area (Å²) in [5.74, 6) is 0.148. The Kier molecular flexibility index (Phi) is 6.66. The SMILES string of the molecule is CCNC(=O)N1CCN(C(=O)c2cnc3ccc(OC)cc3c2N2CCC3(CC2)OCCO3)CC1. The van der Waals surface area contributed by atoms with Crippen LogP contribution in [0.1, 0.15) is 30.1 Å². The number of hydrogen-bond acceptors (Lipinski definition) is 7. The Balaban J connectivity index is 1.44. The minimum Gasteiger partial charge on any atom is -0.497 e. The number of amides is 3. The number of aromatic nitrogens is 1. The van der Waals surface area contributed by atoms with Gasteiger partial charge in [0.05, 0.1) is 37.1 Å². The summed E-state index contributed by atoms with van der Waals surface area (Å²) in [6.07, 6.45) is 3.16. The molecule has 10 nitrogen and oxygen atoms in total. The molecule has 0 atom stereocenters. The number of fused-ring (bicyclic) bond motifs is 1. The smallest absolute Gasteiger partial charge is 0.317 e. The maximum Gasteiger partial charge on any atom is 0.317 e. The van der Waals surface area contributed by atoms with Gasteiger partial charge in [0.15, 0.2) is 5.79 Å². The number of nitrogens with zero attached hydrogens (tertiary/aromatic N) is 4. The van der Waals surface area contributed by atoms with Crippen LogP contribution in [0.25, 0.3) is 10.9 Å². The molecule has 1 aromatic heterocycles. The second kappa shape index (κ2) is 9.87. The third kappa shape index (κ3) is 4.60. The van der Waals surface area contributed by atoms with Crippen molar-refractivity contribution in [2.24, 2.45) is 0 Å². The van der Waals surface area contributed by atoms with Crippen LogP contribution < -0.4 is 15.0 Å². The molecule has 35 heavy (non-hydrogen) atoms. The summed E-state index contributed by atoms with van der Waals surface area (Å²) in [7, 11) is 1.64. The lowest BCUT2D eigenvalue weighted by molar-refractivity contribution is -0.169. The Labute approximate surface area is 205 Å². The first-order chi connectivity index (χ1) is 17.0. The van der Waals surface area contributed by atoms with E-state index < -0.39 is 5.79 Å². The van der Waals surface area contributed by atoms with E-state index >= 15 is 0 Å². The molecule has 5 rings (SSSR count). The van der Waals surface area contributed by atoms with E-state index in [1.54, 1.807) is 18.2 Å². The average Bonchev–Trinajstić information content (AvgIpc) is 3.36. The number of piperidine rings is 1. The van der Waals surface area contributed by atoms with Gasteiger partial charge in [0.2, 0.25) is 0 Å². The molecule has 0 aliphatic carbocycles. The maximum atomic E-state index is 13.8. The lowest BCUT2D eigenvalue weighted by Crippen LogP contribution is -2.53. The Morgan fingerprint density at radius 1 is 1.06 bits per heavy atom. The van der Waals surface area contributed by atoms with Crippen molar-refractivity contribution in [3.05, 3.63) is 30.0 Å². The van der Waals surface area contributed by atoms with E-state index in [1.165, 1.54) is 0 Å². The Hall–Kier alpha value is -3.11. The molecule has 10 heteroatoms. The first-order valence-corrected chi connectivity index (χ1v) is 12.4. The Morgan fingerprint density at radius 2 is 1.74 bits per heavy atom. The van der Waals surface area contributed by atoms with Crippen molar-refractivity contribution >= 4 is 28.5 Å². The molecule has 1 aromatic carbocycles. The van der Waals surface area contributed by atoms with E-state index in [4.69, 9.17) is 14.2 Å². The number of benzene rings is 1. The van der Waals surface area contributed by atoms with Crippen LogP contribution in [0.4, 0.5) is 10.5 Å². The van der Waals surface area contributed by atoms with Crippen LogP contribution in [0.5, 0.6) is 5.75 Å². The van der Waals surface area contributed by atoms with Gasteiger partial charge in [-0.3, -0.25) is 9.78 Å². The van der Waals surface area contributed by atoms with Crippen LogP contribution >= 0.6 is 0 Å². The summed E-state index contributed by atoms with van der Waals surface area (Å²) in [6, 6.07) is 5.67. The van der Waals surface area contributed by atoms with Crippen molar-refractivity contribution in [2.45, 2.75) is 25.6 Å². The van der Waals surface area contributed by atoms with Gasteiger partial charge < -0.3 is 34.2 Å². The summed E-state index contributed by atoms with van der Waals surface area (Å²) in [5.41, 5.74) is 2.26. The van der Waals surface area contributed by atoms with E-state index in [0.717, 1.165) is 35.2 Å². The third-order valence-corrected chi connectivity index (χ3v) is 7.11. The van der Waals surface area contributed by atoms with Crippen molar-refractivity contribution in [1.29, 1.82) is 0 Å². The van der Waals surface area contributed by atoms with E-state index in [9.17, 15) is 9.59 Å². The van der Waals surface area contributed by atoms with Gasteiger partial charge in [-0.05, 0) is 25.1 Å². The number of pyridine rings is 1. The molecule has 3 fully saturated rings. The standard InChI is InChI=1S/C25H33N5O5/c1-3-26-24(32)30-12-10-29(11-13-30)23(31)20-17-27-21-5-4-18(33-2)16-19(21)22(20)28-8-6-25(7-9-28)34-14-15-35-25/h4-5,16-17H,3,6-15H2,1-2H3,(H,26,32). The van der Waals surface area contributed by atoms with Crippen molar-refractivity contribution in [3.63, 3.8) is 0 Å². The topological polar surface area (TPSA) is 96.5 Å². The number of rotatable bonds is 4. The Morgan fingerprint density at radius 3 is 2.40 bits per heavy atom. The lowest BCUT2D eigenvalue weighted by Gasteiger charge is -2.40. The van der Waals surface area contributed by atoms with Gasteiger partial charge in [0.1, 0.15) is 5.75 Å². The highest BCUT2D eigenvalue weighted by Crippen LogP contribution is 2.38. The second-order valence-corrected chi connectivity index (χ2v) is 9.11. The molecular weight excluding hydrogens is 450 g/mol. The summed E-state index contributed by atoms with van der Waals surface area (Å²) >= 11 is 0. The van der Waals surface area contributed by atoms with Gasteiger partial charge in [0, 0.05) is 70.2 Å². The van der Waals surface area contributed by atoms with E-state index in [2.05, 4.69) is 15.2 Å². The minimum atomic E-state index is -0.503. The van der Waals surface area contributed by atoms with Crippen LogP contribution in [-0.4, -0.2) is 98.6 Å². The number of ether oxygens (including phenoxy) is 3. The van der Waals surface area contributed by atoms with E-state index in [-0.39, 0.29) is 11.9 Å². The largest absolute Gasteiger partial charge is 0.497 e. The summed E-state index contributed by atoms with van der Waals surface area (Å²) in [6.45, 7) is 7.12. The van der Waals surface area contributed by atoms with Gasteiger partial charge in [0.25, 0.3) is 5.91 Å². The quantitative estimate of drug-likeness (QED) is 0.711. The summed E-state index contributed by atoms with van der Waals surface area (Å²) < 4.78 is 17.3. The Bertz CT molecular complexity index is 1090. The van der Waals surface area contributed by atoms with Crippen LogP contribution in [0.2, 0.25) is 0 Å². The fraction of sp³-hybridized carbons (Fsp3) is 0.560. The molecule has 4 heterocycles. The van der Waals surface area contributed by atoms with Gasteiger partial charge >= 0.3 is 6.03 Å². The normalized spacial score (nSPS) is 19.9. The molecule has 188 valence electrons. The predicted octanol–water partition coefficient (Wildman–Crippen LogP) is 2.07. The molecule has 2 aromatic rings. The molecule has 0 saturated carbocycles. The summed E-state index contributed by atoms with van der Waals surface area (Å²) in [4.78, 5) is 36.4. The number of methoxy groups -OCH3 is 1. The molecular formula is C25H33N5O5. The predicted molar refractivity (Wildman–Crippen MR) is 131 cm³/mol. The first kappa shape index (κ1) is 23.6. The van der Waals surface area contributed by atoms with Crippen molar-refractivity contribution < 1.29 is 23.8 Å². The average molecular weight is 484 g/mol. The molecule has 1 N–H and O–H groups in total. The van der Waals surface area contributed by atoms with Crippen molar-refractivity contribution in [2.75, 3.05) is 71.0 Å². The first-order valence-electron chi connectivity index (χ1n) is 12.4. The number of anilines is 1. The van der Waals surface area contributed by atoms with Gasteiger partial charge in [-0.25, -0.2) is 4.79 Å². The van der Waals surface area contributed by atoms with Gasteiger partial charge in [-0.1, -0.05) is 0 Å². The van der Waals surface area contributed by atoms with Gasteiger partial charge in [-0.15, -0.1) is 0 Å². The maximum absolute atomic E-state index is 13.8. The van der Waals surface area contributed by atoms with Crippen molar-refractivity contribution in [1.82, 2.24) is 20.1 Å². The highest BCUT2D eigenvalue weighted by molar-refractivity contribution is 6.07. The number of carbonyl (C=O) groups is 2.